The van der Waals surface area contributed by atoms with Gasteiger partial charge in [-0.25, -0.2) is 0 Å². The zero-order valence-corrected chi connectivity index (χ0v) is 54.6. The van der Waals surface area contributed by atoms with E-state index >= 15 is 0 Å². The van der Waals surface area contributed by atoms with Crippen molar-refractivity contribution in [1.29, 1.82) is 0 Å². The molecule has 0 saturated carbocycles. The maximum Gasteiger partial charge on any atom is 0.257 e. The molecule has 0 atom stereocenters. The average molecular weight is 1110 g/mol. The number of fused-ring (bicyclic) bond motifs is 10. The molecular formula is C80H93BN2O. The number of hydrogen-bond donors (Lipinski definition) is 0. The predicted molar refractivity (Wildman–Crippen MR) is 361 cm³/mol. The van der Waals surface area contributed by atoms with E-state index in [9.17, 15) is 0 Å². The highest BCUT2D eigenvalue weighted by Crippen LogP contribution is 2.57. The molecule has 0 amide bonds. The van der Waals surface area contributed by atoms with Gasteiger partial charge in [-0.05, 0) is 250 Å². The summed E-state index contributed by atoms with van der Waals surface area (Å²) in [6.07, 6.45) is 9.23. The number of hydrogen-bond acceptors (Lipinski definition) is 3. The molecule has 0 N–H and O–H groups in total. The minimum Gasteiger partial charge on any atom is -0.440 e. The van der Waals surface area contributed by atoms with Crippen LogP contribution in [0.1, 0.15) is 233 Å². The van der Waals surface area contributed by atoms with E-state index < -0.39 is 0 Å². The van der Waals surface area contributed by atoms with Gasteiger partial charge in [-0.15, -0.1) is 0 Å². The van der Waals surface area contributed by atoms with Crippen LogP contribution in [0.4, 0.5) is 34.3 Å². The van der Waals surface area contributed by atoms with Crippen molar-refractivity contribution in [1.82, 2.24) is 0 Å². The third kappa shape index (κ3) is 8.23. The Kier molecular flexibility index (Phi) is 11.7. The van der Waals surface area contributed by atoms with Crippen molar-refractivity contribution in [3.63, 3.8) is 0 Å². The highest BCUT2D eigenvalue weighted by Gasteiger charge is 2.50. The highest BCUT2D eigenvalue weighted by molar-refractivity contribution is 7.01. The van der Waals surface area contributed by atoms with Gasteiger partial charge in [-0.2, -0.15) is 0 Å². The van der Waals surface area contributed by atoms with Crippen molar-refractivity contribution in [2.45, 2.75) is 232 Å². The molecular weight excluding hydrogens is 1020 g/mol. The summed E-state index contributed by atoms with van der Waals surface area (Å²) in [5.74, 6) is 0.950. The van der Waals surface area contributed by atoms with Gasteiger partial charge in [0.2, 0.25) is 5.88 Å². The molecule has 0 radical (unpaired) electrons. The third-order valence-electron chi connectivity index (χ3n) is 23.1. The summed E-state index contributed by atoms with van der Waals surface area (Å²) in [5, 5.41) is 1.24. The molecule has 0 fully saturated rings. The fraction of sp³-hybridized carbons (Fsp3) is 0.450. The molecule has 14 rings (SSSR count). The Morgan fingerprint density at radius 1 is 0.369 bits per heavy atom. The van der Waals surface area contributed by atoms with E-state index in [4.69, 9.17) is 4.42 Å². The van der Waals surface area contributed by atoms with Crippen molar-refractivity contribution < 1.29 is 4.42 Å². The molecule has 1 aromatic heterocycles. The first kappa shape index (κ1) is 55.6. The van der Waals surface area contributed by atoms with Gasteiger partial charge < -0.3 is 9.32 Å². The summed E-state index contributed by atoms with van der Waals surface area (Å²) in [6, 6.07) is 49.5. The molecule has 3 heterocycles. The van der Waals surface area contributed by atoms with Crippen LogP contribution in [0, 0.1) is 0 Å². The molecule has 8 aromatic rings. The zero-order valence-electron chi connectivity index (χ0n) is 54.6. The normalized spacial score (nSPS) is 21.1. The SMILES string of the molecule is CC(C)(C)c1ccc2c(c1)B1c3c(cc(-c4cc5c(cc4-c4ccccc4)C(C)(C)CCC5(C)C)cc3N(c3ccc4c(c3)C(C)(C)CCC4(C)C)c3oc4cc5c(cc4c31)C(C)(C)CCC5(C)C)N2c1ccc2c(c1)C(C)(C)CCC2(C)C. The maximum atomic E-state index is 7.88. The largest absolute Gasteiger partial charge is 0.440 e. The average Bonchev–Trinajstić information content (AvgIpc) is 1.29. The molecule has 0 spiro atoms. The summed E-state index contributed by atoms with van der Waals surface area (Å²) in [6.45, 7) is 46.6. The Balaban J connectivity index is 1.17. The molecule has 432 valence electrons. The standard InChI is InChI=1S/C80H93BN2O/c1-72(2,3)50-25-30-65-64(41-50)81-69-55-46-62-63(80(18,19)38-37-79(62,16)17)47-68(55)84-71(69)83(52-27-29-57-59(43-52)76(10,11)34-32-74(57,6)7)67-40-49(39-66(70(67)81)82(65)51-26-28-56-58(42-51)75(8,9)33-31-73(56,4)5)54-45-61-60(77(12,13)35-36-78(61,14)15)44-53(54)48-23-21-20-22-24-48/h20-30,39-47H,31-38H2,1-19H3. The first-order valence-corrected chi connectivity index (χ1v) is 32.3. The van der Waals surface area contributed by atoms with Gasteiger partial charge >= 0.3 is 0 Å². The van der Waals surface area contributed by atoms with Crippen LogP contribution < -0.4 is 26.2 Å². The predicted octanol–water partition coefficient (Wildman–Crippen LogP) is 20.5. The summed E-state index contributed by atoms with van der Waals surface area (Å²) < 4.78 is 7.88. The highest BCUT2D eigenvalue weighted by atomic mass is 16.4. The van der Waals surface area contributed by atoms with Gasteiger partial charge in [-0.3, -0.25) is 4.90 Å². The smallest absolute Gasteiger partial charge is 0.257 e. The van der Waals surface area contributed by atoms with Crippen molar-refractivity contribution >= 4 is 68.4 Å². The van der Waals surface area contributed by atoms with Crippen LogP contribution in [0.15, 0.2) is 126 Å². The fourth-order valence-electron chi connectivity index (χ4n) is 16.9. The quantitative estimate of drug-likeness (QED) is 0.164. The van der Waals surface area contributed by atoms with Crippen LogP contribution in [0.2, 0.25) is 0 Å². The summed E-state index contributed by atoms with van der Waals surface area (Å²) in [5.41, 5.74) is 29.3. The van der Waals surface area contributed by atoms with Gasteiger partial charge in [0, 0.05) is 39.3 Å². The second-order valence-corrected chi connectivity index (χ2v) is 33.6. The second kappa shape index (κ2) is 17.7. The summed E-state index contributed by atoms with van der Waals surface area (Å²) in [4.78, 5) is 5.33. The first-order valence-electron chi connectivity index (χ1n) is 32.3. The molecule has 6 aliphatic rings. The molecule has 7 aromatic carbocycles. The molecule has 2 aliphatic heterocycles. The number of nitrogens with zero attached hydrogens (tertiary/aromatic N) is 2. The van der Waals surface area contributed by atoms with Crippen molar-refractivity contribution in [2.75, 3.05) is 9.80 Å². The van der Waals surface area contributed by atoms with E-state index in [1.54, 1.807) is 0 Å². The lowest BCUT2D eigenvalue weighted by molar-refractivity contribution is 0.332. The van der Waals surface area contributed by atoms with Crippen LogP contribution in [0.5, 0.6) is 0 Å². The number of benzene rings is 7. The third-order valence-corrected chi connectivity index (χ3v) is 23.1. The van der Waals surface area contributed by atoms with Crippen LogP contribution in [-0.2, 0) is 48.7 Å². The Labute approximate surface area is 505 Å². The van der Waals surface area contributed by atoms with Gasteiger partial charge in [0.25, 0.3) is 6.71 Å². The van der Waals surface area contributed by atoms with Gasteiger partial charge in [0.05, 0.1) is 0 Å². The molecule has 0 bridgehead atoms. The van der Waals surface area contributed by atoms with E-state index in [2.05, 4.69) is 263 Å². The van der Waals surface area contributed by atoms with E-state index in [1.165, 1.54) is 135 Å². The number of furan rings is 1. The molecule has 0 unspecified atom stereocenters. The lowest BCUT2D eigenvalue weighted by atomic mass is 9.33. The fourth-order valence-corrected chi connectivity index (χ4v) is 16.9. The van der Waals surface area contributed by atoms with Crippen molar-refractivity contribution in [2.24, 2.45) is 0 Å². The lowest BCUT2D eigenvalue weighted by Gasteiger charge is -2.46. The van der Waals surface area contributed by atoms with Crippen LogP contribution in [0.25, 0.3) is 33.2 Å². The number of rotatable bonds is 4. The molecule has 84 heavy (non-hydrogen) atoms. The topological polar surface area (TPSA) is 19.6 Å². The van der Waals surface area contributed by atoms with Crippen LogP contribution >= 0.6 is 0 Å². The minimum absolute atomic E-state index is 0.00304. The molecule has 3 nitrogen and oxygen atoms in total. The van der Waals surface area contributed by atoms with Crippen LogP contribution in [0.3, 0.4) is 0 Å². The molecule has 0 saturated heterocycles. The van der Waals surface area contributed by atoms with E-state index in [1.807, 2.05) is 0 Å². The zero-order chi connectivity index (χ0) is 59.6. The Morgan fingerprint density at radius 3 is 1.27 bits per heavy atom. The monoisotopic (exact) mass is 1110 g/mol. The summed E-state index contributed by atoms with van der Waals surface area (Å²) in [7, 11) is 0. The molecule has 4 aliphatic carbocycles. The Hall–Kier alpha value is -6.26. The van der Waals surface area contributed by atoms with E-state index in [-0.39, 0.29) is 55.4 Å². The van der Waals surface area contributed by atoms with Gasteiger partial charge in [0.1, 0.15) is 5.58 Å². The maximum absolute atomic E-state index is 7.88. The second-order valence-electron chi connectivity index (χ2n) is 33.6. The first-order chi connectivity index (χ1) is 39.2. The lowest BCUT2D eigenvalue weighted by Crippen LogP contribution is -2.61. The summed E-state index contributed by atoms with van der Waals surface area (Å²) >= 11 is 0. The van der Waals surface area contributed by atoms with E-state index in [0.29, 0.717) is 0 Å². The Morgan fingerprint density at radius 2 is 0.786 bits per heavy atom. The number of anilines is 6. The van der Waals surface area contributed by atoms with Gasteiger partial charge in [-0.1, -0.05) is 186 Å². The van der Waals surface area contributed by atoms with Crippen LogP contribution in [-0.4, -0.2) is 6.71 Å². The minimum atomic E-state index is -0.124. The van der Waals surface area contributed by atoms with Crippen molar-refractivity contribution in [3.8, 4) is 22.3 Å². The Bertz CT molecular complexity index is 4090. The van der Waals surface area contributed by atoms with Crippen molar-refractivity contribution in [3.05, 3.63) is 171 Å². The van der Waals surface area contributed by atoms with Gasteiger partial charge in [0.15, 0.2) is 0 Å². The van der Waals surface area contributed by atoms with E-state index in [0.717, 1.165) is 50.0 Å². The molecule has 4 heteroatoms.